The van der Waals surface area contributed by atoms with Gasteiger partial charge in [0.05, 0.1) is 5.69 Å². The quantitative estimate of drug-likeness (QED) is 0.846. The molecule has 0 saturated heterocycles. The van der Waals surface area contributed by atoms with Crippen molar-refractivity contribution >= 4 is 38.9 Å². The molecule has 74 valence electrons. The summed E-state index contributed by atoms with van der Waals surface area (Å²) in [7, 11) is 0. The van der Waals surface area contributed by atoms with E-state index in [1.165, 1.54) is 11.8 Å². The first-order valence-corrected chi connectivity index (χ1v) is 5.88. The van der Waals surface area contributed by atoms with E-state index in [1.807, 2.05) is 24.3 Å². The van der Waals surface area contributed by atoms with E-state index in [1.54, 1.807) is 13.1 Å². The van der Waals surface area contributed by atoms with Gasteiger partial charge in [-0.25, -0.2) is 0 Å². The number of thioether (sulfide) groups is 1. The van der Waals surface area contributed by atoms with Gasteiger partial charge in [-0.2, -0.15) is 0 Å². The average Bonchev–Trinajstić information content (AvgIpc) is 2.15. The van der Waals surface area contributed by atoms with Crippen molar-refractivity contribution in [3.05, 3.63) is 34.6 Å². The molecule has 0 saturated carbocycles. The molecule has 0 N–H and O–H groups in total. The van der Waals surface area contributed by atoms with Crippen molar-refractivity contribution in [1.82, 2.24) is 4.98 Å². The molecule has 1 aromatic heterocycles. The Labute approximate surface area is 95.9 Å². The van der Waals surface area contributed by atoms with Crippen LogP contribution in [0, 0.1) is 0 Å². The number of carbonyl (C=O) groups is 1. The van der Waals surface area contributed by atoms with E-state index in [-0.39, 0.29) is 5.12 Å². The predicted octanol–water partition coefficient (Wildman–Crippen LogP) is 3.14. The van der Waals surface area contributed by atoms with E-state index in [0.29, 0.717) is 5.75 Å². The standard InChI is InChI=1S/C10H10BrNOS/c1-8(13)14-6-2-3-10-5-4-9(11)7-12-10/h2-5,7H,6H2,1H3. The molecular formula is C10H10BrNOS. The maximum atomic E-state index is 10.6. The van der Waals surface area contributed by atoms with E-state index < -0.39 is 0 Å². The maximum Gasteiger partial charge on any atom is 0.186 e. The summed E-state index contributed by atoms with van der Waals surface area (Å²) in [6, 6.07) is 3.85. The Morgan fingerprint density at radius 1 is 1.64 bits per heavy atom. The number of pyridine rings is 1. The van der Waals surface area contributed by atoms with Crippen molar-refractivity contribution in [2.24, 2.45) is 0 Å². The molecule has 0 aliphatic heterocycles. The van der Waals surface area contributed by atoms with Gasteiger partial charge in [0.2, 0.25) is 0 Å². The molecule has 0 radical (unpaired) electrons. The number of rotatable bonds is 3. The lowest BCUT2D eigenvalue weighted by molar-refractivity contribution is -0.109. The second-order valence-corrected chi connectivity index (χ2v) is 4.72. The molecule has 1 aromatic rings. The van der Waals surface area contributed by atoms with Crippen LogP contribution in [0.1, 0.15) is 12.6 Å². The van der Waals surface area contributed by atoms with Crippen molar-refractivity contribution in [1.29, 1.82) is 0 Å². The second kappa shape index (κ2) is 5.98. The number of carbonyl (C=O) groups excluding carboxylic acids is 1. The van der Waals surface area contributed by atoms with Gasteiger partial charge in [0.25, 0.3) is 0 Å². The molecule has 14 heavy (non-hydrogen) atoms. The highest BCUT2D eigenvalue weighted by Gasteiger charge is 1.91. The average molecular weight is 272 g/mol. The van der Waals surface area contributed by atoms with E-state index in [9.17, 15) is 4.79 Å². The molecular weight excluding hydrogens is 262 g/mol. The number of halogens is 1. The minimum Gasteiger partial charge on any atom is -0.288 e. The van der Waals surface area contributed by atoms with Crippen molar-refractivity contribution in [3.8, 4) is 0 Å². The monoisotopic (exact) mass is 271 g/mol. The van der Waals surface area contributed by atoms with Crippen LogP contribution in [0.2, 0.25) is 0 Å². The number of hydrogen-bond acceptors (Lipinski definition) is 3. The van der Waals surface area contributed by atoms with Gasteiger partial charge in [0.15, 0.2) is 5.12 Å². The molecule has 1 heterocycles. The molecule has 0 bridgehead atoms. The highest BCUT2D eigenvalue weighted by molar-refractivity contribution is 9.10. The number of nitrogens with zero attached hydrogens (tertiary/aromatic N) is 1. The fraction of sp³-hybridized carbons (Fsp3) is 0.200. The summed E-state index contributed by atoms with van der Waals surface area (Å²) in [4.78, 5) is 14.8. The third-order valence-corrected chi connectivity index (χ3v) is 2.66. The first-order chi connectivity index (χ1) is 6.68. The van der Waals surface area contributed by atoms with Crippen LogP contribution in [0.25, 0.3) is 6.08 Å². The third kappa shape index (κ3) is 4.58. The Bertz CT molecular complexity index is 334. The van der Waals surface area contributed by atoms with Crippen LogP contribution in [0.15, 0.2) is 28.9 Å². The molecule has 2 nitrogen and oxygen atoms in total. The van der Waals surface area contributed by atoms with Crippen LogP contribution in [0.3, 0.4) is 0 Å². The van der Waals surface area contributed by atoms with Gasteiger partial charge < -0.3 is 0 Å². The summed E-state index contributed by atoms with van der Waals surface area (Å²) in [6.45, 7) is 1.57. The van der Waals surface area contributed by atoms with E-state index in [2.05, 4.69) is 20.9 Å². The van der Waals surface area contributed by atoms with Gasteiger partial charge >= 0.3 is 0 Å². The topological polar surface area (TPSA) is 30.0 Å². The third-order valence-electron chi connectivity index (χ3n) is 1.42. The summed E-state index contributed by atoms with van der Waals surface area (Å²) < 4.78 is 0.966. The molecule has 0 unspecified atom stereocenters. The van der Waals surface area contributed by atoms with Gasteiger partial charge in [-0.05, 0) is 34.1 Å². The SMILES string of the molecule is CC(=O)SCC=Cc1ccc(Br)cn1. The lowest BCUT2D eigenvalue weighted by Gasteiger charge is -1.92. The molecule has 4 heteroatoms. The first-order valence-electron chi connectivity index (χ1n) is 4.10. The highest BCUT2D eigenvalue weighted by Crippen LogP contribution is 2.09. The van der Waals surface area contributed by atoms with Crippen LogP contribution < -0.4 is 0 Å². The Balaban J connectivity index is 2.44. The molecule has 0 spiro atoms. The lowest BCUT2D eigenvalue weighted by Crippen LogP contribution is -1.82. The zero-order valence-electron chi connectivity index (χ0n) is 7.74. The van der Waals surface area contributed by atoms with Crippen molar-refractivity contribution in [3.63, 3.8) is 0 Å². The zero-order valence-corrected chi connectivity index (χ0v) is 10.1. The van der Waals surface area contributed by atoms with Crippen molar-refractivity contribution < 1.29 is 4.79 Å². The van der Waals surface area contributed by atoms with Gasteiger partial charge in [-0.1, -0.05) is 17.8 Å². The fourth-order valence-electron chi connectivity index (χ4n) is 0.820. The summed E-state index contributed by atoms with van der Waals surface area (Å²) in [6.07, 6.45) is 5.59. The van der Waals surface area contributed by atoms with Gasteiger partial charge in [0, 0.05) is 23.3 Å². The summed E-state index contributed by atoms with van der Waals surface area (Å²) in [5, 5.41) is 0.137. The first kappa shape index (κ1) is 11.5. The number of aromatic nitrogens is 1. The zero-order chi connectivity index (χ0) is 10.4. The smallest absolute Gasteiger partial charge is 0.186 e. The minimum absolute atomic E-state index is 0.137. The lowest BCUT2D eigenvalue weighted by atomic mass is 10.3. The predicted molar refractivity (Wildman–Crippen MR) is 64.1 cm³/mol. The largest absolute Gasteiger partial charge is 0.288 e. The van der Waals surface area contributed by atoms with E-state index in [0.717, 1.165) is 10.2 Å². The molecule has 0 aromatic carbocycles. The van der Waals surface area contributed by atoms with Gasteiger partial charge in [-0.3, -0.25) is 9.78 Å². The highest BCUT2D eigenvalue weighted by atomic mass is 79.9. The normalized spacial score (nSPS) is 10.7. The minimum atomic E-state index is 0.137. The second-order valence-electron chi connectivity index (χ2n) is 2.61. The Morgan fingerprint density at radius 3 is 3.00 bits per heavy atom. The summed E-state index contributed by atoms with van der Waals surface area (Å²) >= 11 is 4.60. The summed E-state index contributed by atoms with van der Waals surface area (Å²) in [5.74, 6) is 0.701. The van der Waals surface area contributed by atoms with Crippen LogP contribution in [-0.2, 0) is 4.79 Å². The molecule has 0 atom stereocenters. The summed E-state index contributed by atoms with van der Waals surface area (Å²) in [5.41, 5.74) is 0.900. The van der Waals surface area contributed by atoms with E-state index in [4.69, 9.17) is 0 Å². The molecule has 0 fully saturated rings. The number of hydrogen-bond donors (Lipinski definition) is 0. The van der Waals surface area contributed by atoms with Crippen LogP contribution in [0.5, 0.6) is 0 Å². The van der Waals surface area contributed by atoms with E-state index >= 15 is 0 Å². The molecule has 1 rings (SSSR count). The Morgan fingerprint density at radius 2 is 2.43 bits per heavy atom. The van der Waals surface area contributed by atoms with Crippen molar-refractivity contribution in [2.45, 2.75) is 6.92 Å². The van der Waals surface area contributed by atoms with Gasteiger partial charge in [-0.15, -0.1) is 0 Å². The van der Waals surface area contributed by atoms with Crippen LogP contribution in [0.4, 0.5) is 0 Å². The molecule has 0 aliphatic rings. The molecule has 0 amide bonds. The van der Waals surface area contributed by atoms with Crippen LogP contribution >= 0.6 is 27.7 Å². The maximum absolute atomic E-state index is 10.6. The fourth-order valence-corrected chi connectivity index (χ4v) is 1.48. The van der Waals surface area contributed by atoms with Gasteiger partial charge in [0.1, 0.15) is 0 Å². The van der Waals surface area contributed by atoms with Crippen LogP contribution in [-0.4, -0.2) is 15.9 Å². The van der Waals surface area contributed by atoms with Crippen molar-refractivity contribution in [2.75, 3.05) is 5.75 Å². The Hall–Kier alpha value is -0.610. The Kier molecular flexibility index (Phi) is 4.90. The molecule has 0 aliphatic carbocycles.